The van der Waals surface area contributed by atoms with Crippen LogP contribution in [-0.2, 0) is 16.4 Å². The fourth-order valence-electron chi connectivity index (χ4n) is 2.34. The number of sulfone groups is 1. The van der Waals surface area contributed by atoms with Crippen LogP contribution in [0.25, 0.3) is 0 Å². The summed E-state index contributed by atoms with van der Waals surface area (Å²) in [5.41, 5.74) is 7.38. The average Bonchev–Trinajstić information content (AvgIpc) is 2.67. The highest BCUT2D eigenvalue weighted by Gasteiger charge is 2.17. The number of pyridine rings is 1. The van der Waals surface area contributed by atoms with E-state index in [2.05, 4.69) is 15.3 Å². The number of halogens is 1. The van der Waals surface area contributed by atoms with Crippen molar-refractivity contribution in [2.75, 3.05) is 5.32 Å². The minimum Gasteiger partial charge on any atom is -0.370 e. The Morgan fingerprint density at radius 1 is 1.04 bits per heavy atom. The zero-order valence-electron chi connectivity index (χ0n) is 14.2. The monoisotopic (exact) mass is 384 g/mol. The Balaban J connectivity index is 1.71. The lowest BCUT2D eigenvalue weighted by molar-refractivity contribution is 0.591. The van der Waals surface area contributed by atoms with Crippen molar-refractivity contribution in [2.24, 2.45) is 10.7 Å². The number of aliphatic imine (C=N–C) groups is 1. The number of anilines is 1. The molecule has 0 fully saturated rings. The molecule has 0 spiro atoms. The molecular weight excluding hydrogens is 367 g/mol. The standard InChI is InChI=1S/C19H17FN4O2S/c20-15-2-1-3-18(12-15)27(25,26)17-6-4-14(5-7-17)13-23-19(21)24-16-8-10-22-11-9-16/h1-12H,13H2,(H3,21,22,23,24). The molecule has 0 aliphatic rings. The van der Waals surface area contributed by atoms with Crippen molar-refractivity contribution in [3.8, 4) is 0 Å². The first-order valence-corrected chi connectivity index (χ1v) is 9.50. The van der Waals surface area contributed by atoms with Crippen LogP contribution < -0.4 is 11.1 Å². The fraction of sp³-hybridized carbons (Fsp3) is 0.0526. The van der Waals surface area contributed by atoms with Gasteiger partial charge in [-0.1, -0.05) is 18.2 Å². The molecule has 3 N–H and O–H groups in total. The first-order valence-electron chi connectivity index (χ1n) is 8.02. The van der Waals surface area contributed by atoms with Gasteiger partial charge >= 0.3 is 0 Å². The molecular formula is C19H17FN4O2S. The predicted octanol–water partition coefficient (Wildman–Crippen LogP) is 2.98. The Morgan fingerprint density at radius 2 is 1.74 bits per heavy atom. The van der Waals surface area contributed by atoms with Gasteiger partial charge < -0.3 is 11.1 Å². The van der Waals surface area contributed by atoms with Gasteiger partial charge in [0.05, 0.1) is 16.3 Å². The third kappa shape index (κ3) is 4.68. The number of hydrogen-bond donors (Lipinski definition) is 2. The smallest absolute Gasteiger partial charge is 0.206 e. The van der Waals surface area contributed by atoms with Crippen LogP contribution in [0.15, 0.2) is 87.8 Å². The molecule has 0 saturated heterocycles. The molecule has 0 unspecified atom stereocenters. The van der Waals surface area contributed by atoms with E-state index in [1.165, 1.54) is 30.3 Å². The van der Waals surface area contributed by atoms with Crippen molar-refractivity contribution >= 4 is 21.5 Å². The highest BCUT2D eigenvalue weighted by molar-refractivity contribution is 7.91. The Bertz CT molecular complexity index is 1050. The summed E-state index contributed by atoms with van der Waals surface area (Å²) in [6.45, 7) is 0.282. The SMILES string of the molecule is NC(=NCc1ccc(S(=O)(=O)c2cccc(F)c2)cc1)Nc1ccncc1. The van der Waals surface area contributed by atoms with E-state index in [1.54, 1.807) is 36.7 Å². The van der Waals surface area contributed by atoms with Crippen molar-refractivity contribution < 1.29 is 12.8 Å². The van der Waals surface area contributed by atoms with Gasteiger partial charge in [0.25, 0.3) is 0 Å². The van der Waals surface area contributed by atoms with Crippen molar-refractivity contribution in [1.82, 2.24) is 4.98 Å². The second-order valence-electron chi connectivity index (χ2n) is 5.67. The second kappa shape index (κ2) is 7.96. The summed E-state index contributed by atoms with van der Waals surface area (Å²) in [6, 6.07) is 14.7. The molecule has 0 atom stereocenters. The number of nitrogens with zero attached hydrogens (tertiary/aromatic N) is 2. The molecule has 0 amide bonds. The number of nitrogens with two attached hydrogens (primary N) is 1. The van der Waals surface area contributed by atoms with Gasteiger partial charge in [-0.15, -0.1) is 0 Å². The first kappa shape index (κ1) is 18.5. The molecule has 6 nitrogen and oxygen atoms in total. The first-order chi connectivity index (χ1) is 12.9. The molecule has 27 heavy (non-hydrogen) atoms. The van der Waals surface area contributed by atoms with E-state index >= 15 is 0 Å². The minimum atomic E-state index is -3.77. The quantitative estimate of drug-likeness (QED) is 0.521. The molecule has 0 aliphatic carbocycles. The van der Waals surface area contributed by atoms with Crippen LogP contribution in [-0.4, -0.2) is 19.4 Å². The molecule has 0 radical (unpaired) electrons. The van der Waals surface area contributed by atoms with Gasteiger partial charge in [-0.2, -0.15) is 0 Å². The largest absolute Gasteiger partial charge is 0.370 e. The third-order valence-electron chi connectivity index (χ3n) is 3.72. The van der Waals surface area contributed by atoms with E-state index in [9.17, 15) is 12.8 Å². The Kier molecular flexibility index (Phi) is 5.46. The molecule has 0 saturated carbocycles. The van der Waals surface area contributed by atoms with Crippen molar-refractivity contribution in [3.63, 3.8) is 0 Å². The summed E-state index contributed by atoms with van der Waals surface area (Å²) in [6.07, 6.45) is 3.26. The summed E-state index contributed by atoms with van der Waals surface area (Å²) in [5, 5.41) is 2.93. The molecule has 1 heterocycles. The molecule has 0 aliphatic heterocycles. The Labute approximate surface area is 156 Å². The van der Waals surface area contributed by atoms with E-state index in [0.717, 1.165) is 17.3 Å². The van der Waals surface area contributed by atoms with Gasteiger partial charge in [-0.05, 0) is 48.0 Å². The number of benzene rings is 2. The van der Waals surface area contributed by atoms with Gasteiger partial charge in [0.15, 0.2) is 5.96 Å². The number of aromatic nitrogens is 1. The van der Waals surface area contributed by atoms with Crippen LogP contribution in [0.5, 0.6) is 0 Å². The topological polar surface area (TPSA) is 97.4 Å². The lowest BCUT2D eigenvalue weighted by atomic mass is 10.2. The summed E-state index contributed by atoms with van der Waals surface area (Å²) in [5.74, 6) is -0.364. The van der Waals surface area contributed by atoms with Crippen molar-refractivity contribution in [1.29, 1.82) is 0 Å². The zero-order valence-corrected chi connectivity index (χ0v) is 15.0. The molecule has 3 aromatic rings. The summed E-state index contributed by atoms with van der Waals surface area (Å²) < 4.78 is 38.4. The molecule has 138 valence electrons. The maximum absolute atomic E-state index is 13.3. The van der Waals surface area contributed by atoms with Gasteiger partial charge in [-0.25, -0.2) is 17.8 Å². The number of guanidine groups is 1. The lowest BCUT2D eigenvalue weighted by Crippen LogP contribution is -2.22. The number of rotatable bonds is 5. The minimum absolute atomic E-state index is 0.0842. The second-order valence-corrected chi connectivity index (χ2v) is 7.62. The zero-order chi connectivity index (χ0) is 19.3. The normalized spacial score (nSPS) is 12.0. The maximum atomic E-state index is 13.3. The van der Waals surface area contributed by atoms with Crippen molar-refractivity contribution in [2.45, 2.75) is 16.3 Å². The van der Waals surface area contributed by atoms with Crippen LogP contribution in [0.2, 0.25) is 0 Å². The van der Waals surface area contributed by atoms with E-state index < -0.39 is 15.7 Å². The van der Waals surface area contributed by atoms with Gasteiger partial charge in [-0.3, -0.25) is 4.98 Å². The summed E-state index contributed by atoms with van der Waals surface area (Å²) in [4.78, 5) is 8.13. The fourth-order valence-corrected chi connectivity index (χ4v) is 3.64. The van der Waals surface area contributed by atoms with Crippen LogP contribution >= 0.6 is 0 Å². The maximum Gasteiger partial charge on any atom is 0.206 e. The molecule has 8 heteroatoms. The molecule has 1 aromatic heterocycles. The lowest BCUT2D eigenvalue weighted by Gasteiger charge is -2.07. The molecule has 3 rings (SSSR count). The molecule has 0 bridgehead atoms. The van der Waals surface area contributed by atoms with Crippen molar-refractivity contribution in [3.05, 3.63) is 84.4 Å². The van der Waals surface area contributed by atoms with Gasteiger partial charge in [0.2, 0.25) is 9.84 Å². The average molecular weight is 384 g/mol. The summed E-state index contributed by atoms with van der Waals surface area (Å²) >= 11 is 0. The van der Waals surface area contributed by atoms with Crippen LogP contribution in [0.4, 0.5) is 10.1 Å². The van der Waals surface area contributed by atoms with Crippen LogP contribution in [0.3, 0.4) is 0 Å². The highest BCUT2D eigenvalue weighted by atomic mass is 32.2. The van der Waals surface area contributed by atoms with E-state index in [0.29, 0.717) is 0 Å². The highest BCUT2D eigenvalue weighted by Crippen LogP contribution is 2.22. The van der Waals surface area contributed by atoms with Crippen LogP contribution in [0, 0.1) is 5.82 Å². The Hall–Kier alpha value is -3.26. The van der Waals surface area contributed by atoms with E-state index in [-0.39, 0.29) is 22.3 Å². The van der Waals surface area contributed by atoms with Crippen LogP contribution in [0.1, 0.15) is 5.56 Å². The van der Waals surface area contributed by atoms with Gasteiger partial charge in [0.1, 0.15) is 5.82 Å². The number of hydrogen-bond acceptors (Lipinski definition) is 4. The predicted molar refractivity (Wildman–Crippen MR) is 101 cm³/mol. The summed E-state index contributed by atoms with van der Waals surface area (Å²) in [7, 11) is -3.77. The van der Waals surface area contributed by atoms with Gasteiger partial charge in [0, 0.05) is 18.1 Å². The molecule has 2 aromatic carbocycles. The van der Waals surface area contributed by atoms with E-state index in [1.807, 2.05) is 0 Å². The van der Waals surface area contributed by atoms with E-state index in [4.69, 9.17) is 5.73 Å². The Morgan fingerprint density at radius 3 is 2.41 bits per heavy atom. The number of nitrogens with one attached hydrogen (secondary N) is 1. The third-order valence-corrected chi connectivity index (χ3v) is 5.49.